The molecule has 1 aliphatic heterocycles. The normalized spacial score (nSPS) is 18.9. The summed E-state index contributed by atoms with van der Waals surface area (Å²) in [6.07, 6.45) is 2.59. The molecule has 5 heteroatoms. The number of ether oxygens (including phenoxy) is 1. The van der Waals surface area contributed by atoms with Crippen molar-refractivity contribution in [3.63, 3.8) is 0 Å². The van der Waals surface area contributed by atoms with Crippen molar-refractivity contribution in [3.05, 3.63) is 29.8 Å². The van der Waals surface area contributed by atoms with Gasteiger partial charge in [-0.25, -0.2) is 0 Å². The molecule has 0 bridgehead atoms. The summed E-state index contributed by atoms with van der Waals surface area (Å²) in [7, 11) is 3.61. The van der Waals surface area contributed by atoms with Gasteiger partial charge in [-0.2, -0.15) is 0 Å². The predicted molar refractivity (Wildman–Crippen MR) is 117 cm³/mol. The van der Waals surface area contributed by atoms with Gasteiger partial charge < -0.3 is 15.0 Å². The molecule has 2 rings (SSSR count). The molecule has 1 fully saturated rings. The van der Waals surface area contributed by atoms with E-state index in [-0.39, 0.29) is 24.0 Å². The lowest BCUT2D eigenvalue weighted by Gasteiger charge is -2.24. The van der Waals surface area contributed by atoms with Crippen LogP contribution in [0.3, 0.4) is 0 Å². The Kier molecular flexibility index (Phi) is 9.61. The molecule has 1 aliphatic rings. The van der Waals surface area contributed by atoms with Gasteiger partial charge >= 0.3 is 0 Å². The number of aliphatic imine (C=N–C) groups is 1. The van der Waals surface area contributed by atoms with Crippen molar-refractivity contribution in [3.8, 4) is 5.75 Å². The van der Waals surface area contributed by atoms with Gasteiger partial charge in [0, 0.05) is 32.6 Å². The summed E-state index contributed by atoms with van der Waals surface area (Å²) in [6, 6.07) is 8.25. The molecule has 1 aromatic carbocycles. The monoisotopic (exact) mass is 459 g/mol. The van der Waals surface area contributed by atoms with Crippen molar-refractivity contribution < 1.29 is 4.74 Å². The number of likely N-dealkylation sites (tertiary alicyclic amines) is 1. The molecule has 1 aromatic rings. The Morgan fingerprint density at radius 3 is 2.68 bits per heavy atom. The maximum atomic E-state index is 5.48. The summed E-state index contributed by atoms with van der Waals surface area (Å²) in [4.78, 5) is 6.90. The number of hydrogen-bond acceptors (Lipinski definition) is 2. The third-order valence-electron chi connectivity index (χ3n) is 4.84. The molecule has 0 amide bonds. The van der Waals surface area contributed by atoms with Crippen LogP contribution in [0, 0.1) is 11.8 Å². The van der Waals surface area contributed by atoms with Gasteiger partial charge in [0.25, 0.3) is 0 Å². The van der Waals surface area contributed by atoms with Gasteiger partial charge in [0.2, 0.25) is 0 Å². The summed E-state index contributed by atoms with van der Waals surface area (Å²) < 4.78 is 5.48. The van der Waals surface area contributed by atoms with Crippen LogP contribution in [0.1, 0.15) is 45.1 Å². The third-order valence-corrected chi connectivity index (χ3v) is 4.84. The predicted octanol–water partition coefficient (Wildman–Crippen LogP) is 4.36. The third kappa shape index (κ3) is 6.35. The number of hydrogen-bond donors (Lipinski definition) is 1. The van der Waals surface area contributed by atoms with Crippen LogP contribution < -0.4 is 10.1 Å². The van der Waals surface area contributed by atoms with Crippen LogP contribution in [-0.4, -0.2) is 44.7 Å². The maximum absolute atomic E-state index is 5.48. The van der Waals surface area contributed by atoms with Crippen molar-refractivity contribution in [2.75, 3.05) is 33.8 Å². The van der Waals surface area contributed by atoms with Crippen LogP contribution in [0.25, 0.3) is 0 Å². The Balaban J connectivity index is 0.00000312. The lowest BCUT2D eigenvalue weighted by molar-refractivity contribution is 0.400. The molecule has 0 radical (unpaired) electrons. The van der Waals surface area contributed by atoms with E-state index in [1.807, 2.05) is 19.2 Å². The quantitative estimate of drug-likeness (QED) is 0.390. The van der Waals surface area contributed by atoms with Gasteiger partial charge in [-0.05, 0) is 36.3 Å². The number of guanidine groups is 1. The fourth-order valence-electron chi connectivity index (χ4n) is 3.64. The van der Waals surface area contributed by atoms with Crippen LogP contribution in [0.2, 0.25) is 0 Å². The Morgan fingerprint density at radius 2 is 2.04 bits per heavy atom. The highest BCUT2D eigenvalue weighted by atomic mass is 127. The number of para-hydroxylation sites is 1. The van der Waals surface area contributed by atoms with Crippen molar-refractivity contribution >= 4 is 29.9 Å². The molecule has 0 aliphatic carbocycles. The first-order valence-electron chi connectivity index (χ1n) is 9.13. The van der Waals surface area contributed by atoms with Gasteiger partial charge in [0.05, 0.1) is 7.11 Å². The van der Waals surface area contributed by atoms with Crippen LogP contribution in [0.5, 0.6) is 5.75 Å². The standard InChI is InChI=1S/C20H33N3O.HI/c1-15(2)12-17-10-11-23(14-17)20(21-4)22-13-16(3)18-8-6-7-9-19(18)24-5;/h6-9,15-17H,10-14H2,1-5H3,(H,21,22);1H. The second-order valence-corrected chi connectivity index (χ2v) is 7.30. The average Bonchev–Trinajstić information content (AvgIpc) is 3.02. The average molecular weight is 459 g/mol. The molecule has 2 unspecified atom stereocenters. The highest BCUT2D eigenvalue weighted by Crippen LogP contribution is 2.26. The smallest absolute Gasteiger partial charge is 0.193 e. The molecular weight excluding hydrogens is 425 g/mol. The Morgan fingerprint density at radius 1 is 1.32 bits per heavy atom. The minimum atomic E-state index is 0. The molecule has 142 valence electrons. The van der Waals surface area contributed by atoms with E-state index < -0.39 is 0 Å². The number of halogens is 1. The summed E-state index contributed by atoms with van der Waals surface area (Å²) in [5, 5.41) is 3.56. The zero-order valence-corrected chi connectivity index (χ0v) is 18.6. The molecular formula is C20H34IN3O. The zero-order valence-electron chi connectivity index (χ0n) is 16.3. The van der Waals surface area contributed by atoms with Gasteiger partial charge in [0.15, 0.2) is 5.96 Å². The number of rotatable bonds is 6. The molecule has 1 N–H and O–H groups in total. The minimum Gasteiger partial charge on any atom is -0.496 e. The SMILES string of the molecule is CN=C(NCC(C)c1ccccc1OC)N1CCC(CC(C)C)C1.I. The van der Waals surface area contributed by atoms with Gasteiger partial charge in [0.1, 0.15) is 5.75 Å². The zero-order chi connectivity index (χ0) is 17.5. The second kappa shape index (κ2) is 10.9. The van der Waals surface area contributed by atoms with Gasteiger partial charge in [-0.3, -0.25) is 4.99 Å². The molecule has 4 nitrogen and oxygen atoms in total. The molecule has 1 heterocycles. The van der Waals surface area contributed by atoms with Crippen molar-refractivity contribution in [2.24, 2.45) is 16.8 Å². The summed E-state index contributed by atoms with van der Waals surface area (Å²) in [5.74, 6) is 3.93. The first kappa shape index (κ1) is 22.1. The molecule has 1 saturated heterocycles. The highest BCUT2D eigenvalue weighted by Gasteiger charge is 2.25. The molecule has 25 heavy (non-hydrogen) atoms. The summed E-state index contributed by atoms with van der Waals surface area (Å²) in [5.41, 5.74) is 1.24. The second-order valence-electron chi connectivity index (χ2n) is 7.30. The lowest BCUT2D eigenvalue weighted by Crippen LogP contribution is -2.41. The number of benzene rings is 1. The Labute approximate surface area is 170 Å². The van der Waals surface area contributed by atoms with E-state index in [9.17, 15) is 0 Å². The summed E-state index contributed by atoms with van der Waals surface area (Å²) in [6.45, 7) is 9.94. The van der Waals surface area contributed by atoms with E-state index in [1.54, 1.807) is 7.11 Å². The van der Waals surface area contributed by atoms with Gasteiger partial charge in [-0.15, -0.1) is 24.0 Å². The summed E-state index contributed by atoms with van der Waals surface area (Å²) >= 11 is 0. The topological polar surface area (TPSA) is 36.9 Å². The maximum Gasteiger partial charge on any atom is 0.193 e. The Bertz CT molecular complexity index is 547. The van der Waals surface area contributed by atoms with E-state index in [0.717, 1.165) is 43.2 Å². The largest absolute Gasteiger partial charge is 0.496 e. The minimum absolute atomic E-state index is 0. The van der Waals surface area contributed by atoms with E-state index in [2.05, 4.69) is 48.1 Å². The van der Waals surface area contributed by atoms with Gasteiger partial charge in [-0.1, -0.05) is 39.0 Å². The highest BCUT2D eigenvalue weighted by molar-refractivity contribution is 14.0. The molecule has 2 atom stereocenters. The van der Waals surface area contributed by atoms with Crippen LogP contribution in [0.15, 0.2) is 29.3 Å². The number of nitrogens with one attached hydrogen (secondary N) is 1. The fraction of sp³-hybridized carbons (Fsp3) is 0.650. The lowest BCUT2D eigenvalue weighted by atomic mass is 9.97. The van der Waals surface area contributed by atoms with E-state index in [1.165, 1.54) is 18.4 Å². The first-order valence-corrected chi connectivity index (χ1v) is 9.13. The molecule has 0 spiro atoms. The fourth-order valence-corrected chi connectivity index (χ4v) is 3.64. The van der Waals surface area contributed by atoms with Crippen molar-refractivity contribution in [2.45, 2.75) is 39.5 Å². The molecule has 0 saturated carbocycles. The van der Waals surface area contributed by atoms with Crippen molar-refractivity contribution in [1.29, 1.82) is 0 Å². The number of methoxy groups -OCH3 is 1. The van der Waals surface area contributed by atoms with E-state index in [0.29, 0.717) is 5.92 Å². The van der Waals surface area contributed by atoms with Crippen LogP contribution in [-0.2, 0) is 0 Å². The van der Waals surface area contributed by atoms with E-state index >= 15 is 0 Å². The van der Waals surface area contributed by atoms with Crippen molar-refractivity contribution in [1.82, 2.24) is 10.2 Å². The molecule has 0 aromatic heterocycles. The van der Waals surface area contributed by atoms with E-state index in [4.69, 9.17) is 4.74 Å². The number of nitrogens with zero attached hydrogens (tertiary/aromatic N) is 2. The van der Waals surface area contributed by atoms with Crippen LogP contribution in [0.4, 0.5) is 0 Å². The Hall–Kier alpha value is -0.980. The first-order chi connectivity index (χ1) is 11.5. The van der Waals surface area contributed by atoms with Crippen LogP contribution >= 0.6 is 24.0 Å².